The van der Waals surface area contributed by atoms with Gasteiger partial charge in [0, 0.05) is 50.7 Å². The highest BCUT2D eigenvalue weighted by Gasteiger charge is 2.32. The van der Waals surface area contributed by atoms with E-state index in [0.717, 1.165) is 24.1 Å². The minimum absolute atomic E-state index is 0.0189. The molecule has 2 amide bonds. The molecule has 0 spiro atoms. The summed E-state index contributed by atoms with van der Waals surface area (Å²) in [5, 5.41) is 6.97. The maximum absolute atomic E-state index is 12.7. The number of benzene rings is 1. The summed E-state index contributed by atoms with van der Waals surface area (Å²) < 4.78 is 5.41. The molecule has 0 unspecified atom stereocenters. The van der Waals surface area contributed by atoms with Gasteiger partial charge in [0.2, 0.25) is 11.8 Å². The molecule has 28 heavy (non-hydrogen) atoms. The van der Waals surface area contributed by atoms with Gasteiger partial charge in [-0.1, -0.05) is 35.5 Å². The second kappa shape index (κ2) is 9.01. The number of likely N-dealkylation sites (N-methyl/N-ethyl adjacent to an activating group) is 1. The highest BCUT2D eigenvalue weighted by molar-refractivity contribution is 5.76. The van der Waals surface area contributed by atoms with Gasteiger partial charge in [-0.15, -0.1) is 0 Å². The molecule has 1 aromatic heterocycles. The highest BCUT2D eigenvalue weighted by atomic mass is 16.5. The van der Waals surface area contributed by atoms with Gasteiger partial charge < -0.3 is 14.7 Å². The Morgan fingerprint density at radius 3 is 2.68 bits per heavy atom. The first kappa shape index (κ1) is 20.1. The van der Waals surface area contributed by atoms with Gasteiger partial charge in [0.15, 0.2) is 5.76 Å². The Balaban J connectivity index is 1.51. The molecule has 1 aliphatic rings. The number of amides is 2. The number of nitrogens with one attached hydrogen (secondary N) is 1. The summed E-state index contributed by atoms with van der Waals surface area (Å²) in [6, 6.07) is 12.2. The molecular weight excluding hydrogens is 356 g/mol. The molecule has 1 N–H and O–H groups in total. The third-order valence-electron chi connectivity index (χ3n) is 5.43. The molecule has 2 aromatic rings. The number of hydrogen-bond acceptors (Lipinski definition) is 5. The van der Waals surface area contributed by atoms with Gasteiger partial charge in [-0.25, -0.2) is 0 Å². The van der Waals surface area contributed by atoms with Crippen molar-refractivity contribution in [3.05, 3.63) is 42.2 Å². The van der Waals surface area contributed by atoms with Crippen LogP contribution < -0.4 is 5.32 Å². The van der Waals surface area contributed by atoms with Crippen LogP contribution >= 0.6 is 0 Å². The van der Waals surface area contributed by atoms with Gasteiger partial charge >= 0.3 is 0 Å². The standard InChI is InChI=1S/C21H28N4O3/c1-15(26)22-13-18-10-9-17(25(18)3)11-21(27)24(2)14-19-12-20(23-28-19)16-7-5-4-6-8-16/h4-8,12,17-18H,9-11,13-14H2,1-3H3,(H,22,26)/t17-,18+/m0/s1. The molecule has 0 bridgehead atoms. The van der Waals surface area contributed by atoms with Crippen molar-refractivity contribution in [2.24, 2.45) is 0 Å². The lowest BCUT2D eigenvalue weighted by atomic mass is 10.1. The van der Waals surface area contributed by atoms with E-state index in [1.54, 1.807) is 11.9 Å². The summed E-state index contributed by atoms with van der Waals surface area (Å²) in [6.07, 6.45) is 2.41. The van der Waals surface area contributed by atoms with Crippen molar-refractivity contribution in [1.29, 1.82) is 0 Å². The molecule has 2 heterocycles. The van der Waals surface area contributed by atoms with E-state index in [1.807, 2.05) is 43.4 Å². The summed E-state index contributed by atoms with van der Waals surface area (Å²) in [7, 11) is 3.82. The van der Waals surface area contributed by atoms with Crippen LogP contribution in [0, 0.1) is 0 Å². The fraction of sp³-hybridized carbons (Fsp3) is 0.476. The fourth-order valence-corrected chi connectivity index (χ4v) is 3.66. The summed E-state index contributed by atoms with van der Waals surface area (Å²) >= 11 is 0. The van der Waals surface area contributed by atoms with E-state index in [9.17, 15) is 9.59 Å². The molecule has 7 heteroatoms. The first-order chi connectivity index (χ1) is 13.4. The molecular formula is C21H28N4O3. The van der Waals surface area contributed by atoms with E-state index in [1.165, 1.54) is 6.92 Å². The van der Waals surface area contributed by atoms with Crippen LogP contribution in [0.5, 0.6) is 0 Å². The van der Waals surface area contributed by atoms with Crippen molar-refractivity contribution in [2.75, 3.05) is 20.6 Å². The summed E-state index contributed by atoms with van der Waals surface area (Å²) in [4.78, 5) is 27.7. The van der Waals surface area contributed by atoms with E-state index in [0.29, 0.717) is 25.3 Å². The maximum atomic E-state index is 12.7. The number of rotatable bonds is 7. The quantitative estimate of drug-likeness (QED) is 0.792. The van der Waals surface area contributed by atoms with E-state index in [-0.39, 0.29) is 23.9 Å². The zero-order valence-corrected chi connectivity index (χ0v) is 16.7. The van der Waals surface area contributed by atoms with Crippen molar-refractivity contribution in [3.8, 4) is 11.3 Å². The largest absolute Gasteiger partial charge is 0.359 e. The Bertz CT molecular complexity index is 805. The molecule has 0 radical (unpaired) electrons. The first-order valence-electron chi connectivity index (χ1n) is 9.65. The lowest BCUT2D eigenvalue weighted by molar-refractivity contribution is -0.131. The summed E-state index contributed by atoms with van der Waals surface area (Å²) in [6.45, 7) is 2.55. The van der Waals surface area contributed by atoms with Crippen LogP contribution in [0.3, 0.4) is 0 Å². The molecule has 2 atom stereocenters. The first-order valence-corrected chi connectivity index (χ1v) is 9.65. The molecule has 0 saturated carbocycles. The van der Waals surface area contributed by atoms with Crippen molar-refractivity contribution < 1.29 is 14.1 Å². The Morgan fingerprint density at radius 2 is 1.96 bits per heavy atom. The van der Waals surface area contributed by atoms with Crippen molar-refractivity contribution in [3.63, 3.8) is 0 Å². The highest BCUT2D eigenvalue weighted by Crippen LogP contribution is 2.25. The number of aromatic nitrogens is 1. The third kappa shape index (κ3) is 4.98. The van der Waals surface area contributed by atoms with Crippen LogP contribution in [-0.4, -0.2) is 59.5 Å². The van der Waals surface area contributed by atoms with E-state index < -0.39 is 0 Å². The Kier molecular flexibility index (Phi) is 6.46. The van der Waals surface area contributed by atoms with Gasteiger partial charge in [0.05, 0.1) is 6.54 Å². The SMILES string of the molecule is CC(=O)NC[C@H]1CC[C@@H](CC(=O)N(C)Cc2cc(-c3ccccc3)no2)N1C. The second-order valence-electron chi connectivity index (χ2n) is 7.49. The third-order valence-corrected chi connectivity index (χ3v) is 5.43. The van der Waals surface area contributed by atoms with Gasteiger partial charge in [-0.3, -0.25) is 14.5 Å². The predicted molar refractivity (Wildman–Crippen MR) is 106 cm³/mol. The van der Waals surface area contributed by atoms with Gasteiger partial charge in [0.1, 0.15) is 5.69 Å². The molecule has 1 saturated heterocycles. The van der Waals surface area contributed by atoms with Crippen LogP contribution in [0.25, 0.3) is 11.3 Å². The number of carbonyl (C=O) groups excluding carboxylic acids is 2. The van der Waals surface area contributed by atoms with E-state index >= 15 is 0 Å². The Hall–Kier alpha value is -2.67. The second-order valence-corrected chi connectivity index (χ2v) is 7.49. The topological polar surface area (TPSA) is 78.7 Å². The van der Waals surface area contributed by atoms with Crippen LogP contribution in [0.2, 0.25) is 0 Å². The normalized spacial score (nSPS) is 19.5. The molecule has 3 rings (SSSR count). The number of nitrogens with zero attached hydrogens (tertiary/aromatic N) is 3. The van der Waals surface area contributed by atoms with Crippen molar-refractivity contribution in [2.45, 2.75) is 44.8 Å². The summed E-state index contributed by atoms with van der Waals surface area (Å²) in [5.74, 6) is 0.724. The average molecular weight is 384 g/mol. The predicted octanol–water partition coefficient (Wildman–Crippen LogP) is 2.29. The van der Waals surface area contributed by atoms with E-state index in [4.69, 9.17) is 4.52 Å². The maximum Gasteiger partial charge on any atom is 0.224 e. The van der Waals surface area contributed by atoms with Crippen molar-refractivity contribution in [1.82, 2.24) is 20.3 Å². The summed E-state index contributed by atoms with van der Waals surface area (Å²) in [5.41, 5.74) is 1.76. The van der Waals surface area contributed by atoms with Gasteiger partial charge in [0.25, 0.3) is 0 Å². The minimum Gasteiger partial charge on any atom is -0.359 e. The number of carbonyl (C=O) groups is 2. The zero-order valence-electron chi connectivity index (χ0n) is 16.7. The van der Waals surface area contributed by atoms with Crippen LogP contribution in [0.15, 0.2) is 40.9 Å². The minimum atomic E-state index is -0.0189. The number of hydrogen-bond donors (Lipinski definition) is 1. The lowest BCUT2D eigenvalue weighted by Gasteiger charge is -2.27. The van der Waals surface area contributed by atoms with Gasteiger partial charge in [-0.05, 0) is 19.9 Å². The van der Waals surface area contributed by atoms with Crippen LogP contribution in [0.4, 0.5) is 0 Å². The molecule has 0 aliphatic carbocycles. The Labute approximate surface area is 165 Å². The zero-order chi connectivity index (χ0) is 20.1. The van der Waals surface area contributed by atoms with Gasteiger partial charge in [-0.2, -0.15) is 0 Å². The lowest BCUT2D eigenvalue weighted by Crippen LogP contribution is -2.42. The smallest absolute Gasteiger partial charge is 0.224 e. The van der Waals surface area contributed by atoms with Crippen LogP contribution in [-0.2, 0) is 16.1 Å². The molecule has 7 nitrogen and oxygen atoms in total. The fourth-order valence-electron chi connectivity index (χ4n) is 3.66. The average Bonchev–Trinajstić information content (AvgIpc) is 3.28. The monoisotopic (exact) mass is 384 g/mol. The van der Waals surface area contributed by atoms with Crippen LogP contribution in [0.1, 0.15) is 31.9 Å². The molecule has 1 aromatic carbocycles. The molecule has 1 fully saturated rings. The number of likely N-dealkylation sites (tertiary alicyclic amines) is 1. The molecule has 150 valence electrons. The van der Waals surface area contributed by atoms with Crippen molar-refractivity contribution >= 4 is 11.8 Å². The Morgan fingerprint density at radius 1 is 1.25 bits per heavy atom. The molecule has 1 aliphatic heterocycles. The van der Waals surface area contributed by atoms with E-state index in [2.05, 4.69) is 15.4 Å².